The summed E-state index contributed by atoms with van der Waals surface area (Å²) in [5.74, 6) is 0.763. The van der Waals surface area contributed by atoms with Gasteiger partial charge in [-0.2, -0.15) is 0 Å². The second-order valence-corrected chi connectivity index (χ2v) is 6.83. The highest BCUT2D eigenvalue weighted by atomic mass is 15.2. The maximum Gasteiger partial charge on any atom is 0.0401 e. The highest BCUT2D eigenvalue weighted by Crippen LogP contribution is 2.30. The van der Waals surface area contributed by atoms with Crippen LogP contribution in [0.15, 0.2) is 24.3 Å². The minimum Gasteiger partial charge on any atom is -0.367 e. The fourth-order valence-corrected chi connectivity index (χ4v) is 3.83. The highest BCUT2D eigenvalue weighted by molar-refractivity contribution is 5.56. The second kappa shape index (κ2) is 6.17. The van der Waals surface area contributed by atoms with Crippen LogP contribution in [0.2, 0.25) is 0 Å². The minimum atomic E-state index is 0.583. The maximum atomic E-state index is 3.78. The molecular weight excluding hydrogens is 244 g/mol. The Labute approximate surface area is 123 Å². The molecule has 1 aromatic rings. The van der Waals surface area contributed by atoms with Gasteiger partial charge in [0.15, 0.2) is 0 Å². The van der Waals surface area contributed by atoms with Crippen molar-refractivity contribution in [3.05, 3.63) is 29.8 Å². The van der Waals surface area contributed by atoms with Crippen LogP contribution in [0.1, 0.15) is 45.1 Å². The van der Waals surface area contributed by atoms with Crippen molar-refractivity contribution in [3.63, 3.8) is 0 Å². The third-order valence-corrected chi connectivity index (χ3v) is 4.97. The summed E-state index contributed by atoms with van der Waals surface area (Å²) in [5, 5.41) is 3.78. The molecule has 3 rings (SSSR count). The molecular formula is C18H28N2. The molecule has 0 saturated heterocycles. The average molecular weight is 272 g/mol. The Balaban J connectivity index is 1.66. The standard InChI is InChI=1S/C18H28N2/c1-14-11-16-7-3-6-10-18(16)20(13-14)15(2)12-19-17-8-4-5-9-17/h3,6-7,10,14-15,17,19H,4-5,8-9,11-13H2,1-2H3. The van der Waals surface area contributed by atoms with Crippen molar-refractivity contribution in [2.45, 2.75) is 58.0 Å². The van der Waals surface area contributed by atoms with Crippen molar-refractivity contribution in [2.24, 2.45) is 5.92 Å². The summed E-state index contributed by atoms with van der Waals surface area (Å²) in [5.41, 5.74) is 2.99. The molecule has 2 nitrogen and oxygen atoms in total. The van der Waals surface area contributed by atoms with Gasteiger partial charge in [-0.3, -0.25) is 0 Å². The van der Waals surface area contributed by atoms with E-state index in [0.29, 0.717) is 6.04 Å². The van der Waals surface area contributed by atoms with Crippen molar-refractivity contribution < 1.29 is 0 Å². The molecule has 1 N–H and O–H groups in total. The van der Waals surface area contributed by atoms with Crippen LogP contribution >= 0.6 is 0 Å². The molecule has 0 radical (unpaired) electrons. The predicted molar refractivity (Wildman–Crippen MR) is 86.4 cm³/mol. The van der Waals surface area contributed by atoms with E-state index in [1.807, 2.05) is 0 Å². The SMILES string of the molecule is CC1Cc2ccccc2N(C(C)CNC2CCCC2)C1. The van der Waals surface area contributed by atoms with Crippen molar-refractivity contribution in [2.75, 3.05) is 18.0 Å². The third-order valence-electron chi connectivity index (χ3n) is 4.97. The summed E-state index contributed by atoms with van der Waals surface area (Å²) in [6.45, 7) is 7.06. The zero-order valence-corrected chi connectivity index (χ0v) is 12.9. The van der Waals surface area contributed by atoms with Gasteiger partial charge >= 0.3 is 0 Å². The number of hydrogen-bond acceptors (Lipinski definition) is 2. The van der Waals surface area contributed by atoms with Gasteiger partial charge in [0.25, 0.3) is 0 Å². The summed E-state index contributed by atoms with van der Waals surface area (Å²) in [6, 6.07) is 10.3. The summed E-state index contributed by atoms with van der Waals surface area (Å²) in [6.07, 6.45) is 6.81. The Morgan fingerprint density at radius 1 is 1.25 bits per heavy atom. The van der Waals surface area contributed by atoms with E-state index < -0.39 is 0 Å². The van der Waals surface area contributed by atoms with Gasteiger partial charge in [-0.15, -0.1) is 0 Å². The Kier molecular flexibility index (Phi) is 4.30. The number of hydrogen-bond donors (Lipinski definition) is 1. The zero-order chi connectivity index (χ0) is 13.9. The maximum absolute atomic E-state index is 3.78. The molecule has 0 aromatic heterocycles. The molecule has 1 aliphatic heterocycles. The van der Waals surface area contributed by atoms with Crippen LogP contribution in [-0.2, 0) is 6.42 Å². The summed E-state index contributed by atoms with van der Waals surface area (Å²) in [4.78, 5) is 2.62. The molecule has 2 aliphatic rings. The molecule has 1 fully saturated rings. The van der Waals surface area contributed by atoms with Crippen molar-refractivity contribution in [3.8, 4) is 0 Å². The molecule has 20 heavy (non-hydrogen) atoms. The number of fused-ring (bicyclic) bond motifs is 1. The molecule has 1 aliphatic carbocycles. The largest absolute Gasteiger partial charge is 0.367 e. The lowest BCUT2D eigenvalue weighted by Crippen LogP contribution is -2.47. The number of benzene rings is 1. The number of nitrogens with zero attached hydrogens (tertiary/aromatic N) is 1. The van der Waals surface area contributed by atoms with Crippen molar-refractivity contribution in [1.82, 2.24) is 5.32 Å². The fourth-order valence-electron chi connectivity index (χ4n) is 3.83. The Morgan fingerprint density at radius 3 is 2.80 bits per heavy atom. The first kappa shape index (κ1) is 13.9. The summed E-state index contributed by atoms with van der Waals surface area (Å²) >= 11 is 0. The van der Waals surface area contributed by atoms with Crippen LogP contribution < -0.4 is 10.2 Å². The average Bonchev–Trinajstić information content (AvgIpc) is 2.97. The van der Waals surface area contributed by atoms with E-state index in [4.69, 9.17) is 0 Å². The lowest BCUT2D eigenvalue weighted by Gasteiger charge is -2.39. The Hall–Kier alpha value is -1.02. The molecule has 0 amide bonds. The lowest BCUT2D eigenvalue weighted by molar-refractivity contribution is 0.446. The van der Waals surface area contributed by atoms with Gasteiger partial charge in [0.05, 0.1) is 0 Å². The van der Waals surface area contributed by atoms with Gasteiger partial charge in [-0.25, -0.2) is 0 Å². The zero-order valence-electron chi connectivity index (χ0n) is 12.9. The molecule has 2 atom stereocenters. The first-order chi connectivity index (χ1) is 9.74. The second-order valence-electron chi connectivity index (χ2n) is 6.83. The Morgan fingerprint density at radius 2 is 2.00 bits per heavy atom. The van der Waals surface area contributed by atoms with Gasteiger partial charge in [0.2, 0.25) is 0 Å². The Bertz CT molecular complexity index is 437. The molecule has 2 unspecified atom stereocenters. The highest BCUT2D eigenvalue weighted by Gasteiger charge is 2.25. The van der Waals surface area contributed by atoms with E-state index in [1.54, 1.807) is 0 Å². The summed E-state index contributed by atoms with van der Waals surface area (Å²) < 4.78 is 0. The number of para-hydroxylation sites is 1. The molecule has 0 spiro atoms. The fraction of sp³-hybridized carbons (Fsp3) is 0.667. The normalized spacial score (nSPS) is 24.7. The number of anilines is 1. The monoisotopic (exact) mass is 272 g/mol. The first-order valence-corrected chi connectivity index (χ1v) is 8.32. The topological polar surface area (TPSA) is 15.3 Å². The quantitative estimate of drug-likeness (QED) is 0.901. The van der Waals surface area contributed by atoms with Crippen molar-refractivity contribution in [1.29, 1.82) is 0 Å². The van der Waals surface area contributed by atoms with Gasteiger partial charge < -0.3 is 10.2 Å². The predicted octanol–water partition coefficient (Wildman–Crippen LogP) is 3.61. The van der Waals surface area contributed by atoms with Crippen LogP contribution in [0.3, 0.4) is 0 Å². The summed E-state index contributed by atoms with van der Waals surface area (Å²) in [7, 11) is 0. The minimum absolute atomic E-state index is 0.583. The van der Waals surface area contributed by atoms with Crippen LogP contribution in [0, 0.1) is 5.92 Å². The van der Waals surface area contributed by atoms with Gasteiger partial charge in [0.1, 0.15) is 0 Å². The van der Waals surface area contributed by atoms with E-state index in [1.165, 1.54) is 49.9 Å². The molecule has 1 heterocycles. The smallest absolute Gasteiger partial charge is 0.0401 e. The van der Waals surface area contributed by atoms with Gasteiger partial charge in [0, 0.05) is 30.9 Å². The van der Waals surface area contributed by atoms with E-state index in [0.717, 1.165) is 18.5 Å². The van der Waals surface area contributed by atoms with Crippen LogP contribution in [0.5, 0.6) is 0 Å². The van der Waals surface area contributed by atoms with Crippen LogP contribution in [0.4, 0.5) is 5.69 Å². The van der Waals surface area contributed by atoms with Crippen LogP contribution in [-0.4, -0.2) is 25.2 Å². The van der Waals surface area contributed by atoms with Crippen LogP contribution in [0.25, 0.3) is 0 Å². The lowest BCUT2D eigenvalue weighted by atomic mass is 9.93. The van der Waals surface area contributed by atoms with E-state index in [9.17, 15) is 0 Å². The van der Waals surface area contributed by atoms with E-state index >= 15 is 0 Å². The van der Waals surface area contributed by atoms with Crippen molar-refractivity contribution >= 4 is 5.69 Å². The van der Waals surface area contributed by atoms with E-state index in [2.05, 4.69) is 48.3 Å². The van der Waals surface area contributed by atoms with E-state index in [-0.39, 0.29) is 0 Å². The molecule has 110 valence electrons. The molecule has 1 aromatic carbocycles. The number of rotatable bonds is 4. The molecule has 2 heteroatoms. The molecule has 1 saturated carbocycles. The molecule has 0 bridgehead atoms. The first-order valence-electron chi connectivity index (χ1n) is 8.32. The van der Waals surface area contributed by atoms with Gasteiger partial charge in [-0.05, 0) is 43.7 Å². The third kappa shape index (κ3) is 3.01. The number of nitrogens with one attached hydrogen (secondary N) is 1. The van der Waals surface area contributed by atoms with Gasteiger partial charge in [-0.1, -0.05) is 38.0 Å².